The molecule has 0 aliphatic carbocycles. The summed E-state index contributed by atoms with van der Waals surface area (Å²) in [6.07, 6.45) is 0.801. The average Bonchev–Trinajstić information content (AvgIpc) is 2.39. The van der Waals surface area contributed by atoms with Crippen LogP contribution in [0.25, 0.3) is 0 Å². The van der Waals surface area contributed by atoms with Crippen molar-refractivity contribution < 1.29 is 14.8 Å². The summed E-state index contributed by atoms with van der Waals surface area (Å²) in [5.41, 5.74) is 0.348. The van der Waals surface area contributed by atoms with E-state index in [0.717, 1.165) is 0 Å². The number of hydrogen-bond donors (Lipinski definition) is 1. The number of aliphatic hydroxyl groups excluding tert-OH is 1. The maximum atomic E-state index is 10.6. The molecule has 104 valence electrons. The molecule has 1 N–H and O–H groups in total. The molecule has 0 saturated carbocycles. The normalized spacial score (nSPS) is 11.9. The summed E-state index contributed by atoms with van der Waals surface area (Å²) >= 11 is 5.79. The average molecular weight is 295 g/mol. The van der Waals surface area contributed by atoms with E-state index in [1.54, 1.807) is 19.1 Å². The van der Waals surface area contributed by atoms with Gasteiger partial charge in [-0.1, -0.05) is 11.6 Å². The summed E-state index contributed by atoms with van der Waals surface area (Å²) in [5.74, 6) is 0.812. The van der Waals surface area contributed by atoms with E-state index in [4.69, 9.17) is 16.3 Å². The minimum Gasteiger partial charge on any atom is -0.456 e. The number of benzene rings is 1. The van der Waals surface area contributed by atoms with Crippen LogP contribution >= 0.6 is 11.6 Å². The van der Waals surface area contributed by atoms with Gasteiger partial charge < -0.3 is 9.84 Å². The van der Waals surface area contributed by atoms with Gasteiger partial charge in [0.05, 0.1) is 22.9 Å². The van der Waals surface area contributed by atoms with Crippen LogP contribution in [0.3, 0.4) is 0 Å². The Hall–Kier alpha value is -2.18. The third-order valence-corrected chi connectivity index (χ3v) is 2.84. The molecular weight excluding hydrogens is 284 g/mol. The van der Waals surface area contributed by atoms with Crippen LogP contribution < -0.4 is 4.74 Å². The van der Waals surface area contributed by atoms with Gasteiger partial charge in [0.1, 0.15) is 16.5 Å². The SMILES string of the molecule is CC(O)c1ccc(Oc2ccc([N+](=O)[O-])c(Cl)c2)cn1. The van der Waals surface area contributed by atoms with Crippen LogP contribution in [0, 0.1) is 10.1 Å². The third-order valence-electron chi connectivity index (χ3n) is 2.54. The van der Waals surface area contributed by atoms with Gasteiger partial charge >= 0.3 is 0 Å². The topological polar surface area (TPSA) is 85.5 Å². The lowest BCUT2D eigenvalue weighted by atomic mass is 10.2. The summed E-state index contributed by atoms with van der Waals surface area (Å²) in [5, 5.41) is 20.0. The van der Waals surface area contributed by atoms with Gasteiger partial charge in [-0.05, 0) is 25.1 Å². The van der Waals surface area contributed by atoms with Crippen molar-refractivity contribution in [2.75, 3.05) is 0 Å². The van der Waals surface area contributed by atoms with E-state index in [1.807, 2.05) is 0 Å². The van der Waals surface area contributed by atoms with Crippen LogP contribution in [0.4, 0.5) is 5.69 Å². The fourth-order valence-corrected chi connectivity index (χ4v) is 1.77. The molecule has 1 aromatic carbocycles. The second-order valence-corrected chi connectivity index (χ2v) is 4.47. The van der Waals surface area contributed by atoms with E-state index in [9.17, 15) is 15.2 Å². The number of rotatable bonds is 4. The van der Waals surface area contributed by atoms with Crippen molar-refractivity contribution >= 4 is 17.3 Å². The standard InChI is InChI=1S/C13H11ClN2O4/c1-8(17)12-4-2-10(7-15-12)20-9-3-5-13(16(18)19)11(14)6-9/h2-8,17H,1H3. The second-order valence-electron chi connectivity index (χ2n) is 4.07. The first-order chi connectivity index (χ1) is 9.47. The highest BCUT2D eigenvalue weighted by Crippen LogP contribution is 2.30. The van der Waals surface area contributed by atoms with Crippen LogP contribution in [-0.2, 0) is 0 Å². The van der Waals surface area contributed by atoms with Gasteiger partial charge in [0.2, 0.25) is 0 Å². The Bertz CT molecular complexity index is 629. The summed E-state index contributed by atoms with van der Waals surface area (Å²) in [6, 6.07) is 7.36. The minimum atomic E-state index is -0.655. The first-order valence-corrected chi connectivity index (χ1v) is 6.11. The Labute approximate surface area is 119 Å². The van der Waals surface area contributed by atoms with Gasteiger partial charge in [0.15, 0.2) is 0 Å². The third kappa shape index (κ3) is 3.23. The van der Waals surface area contributed by atoms with E-state index in [0.29, 0.717) is 17.2 Å². The highest BCUT2D eigenvalue weighted by molar-refractivity contribution is 6.32. The van der Waals surface area contributed by atoms with Crippen molar-refractivity contribution in [2.24, 2.45) is 0 Å². The molecule has 1 aromatic heterocycles. The van der Waals surface area contributed by atoms with Gasteiger partial charge in [-0.15, -0.1) is 0 Å². The molecule has 0 radical (unpaired) electrons. The van der Waals surface area contributed by atoms with E-state index >= 15 is 0 Å². The number of nitro groups is 1. The van der Waals surface area contributed by atoms with Crippen molar-refractivity contribution in [3.05, 3.63) is 57.4 Å². The molecule has 0 amide bonds. The first-order valence-electron chi connectivity index (χ1n) is 5.73. The lowest BCUT2D eigenvalue weighted by molar-refractivity contribution is -0.384. The number of aliphatic hydroxyl groups is 1. The number of nitrogens with zero attached hydrogens (tertiary/aromatic N) is 2. The van der Waals surface area contributed by atoms with Gasteiger partial charge in [-0.25, -0.2) is 0 Å². The van der Waals surface area contributed by atoms with Crippen molar-refractivity contribution in [3.8, 4) is 11.5 Å². The lowest BCUT2D eigenvalue weighted by Gasteiger charge is -2.07. The van der Waals surface area contributed by atoms with E-state index in [-0.39, 0.29) is 10.7 Å². The first kappa shape index (κ1) is 14.2. The molecule has 0 bridgehead atoms. The smallest absolute Gasteiger partial charge is 0.288 e. The molecule has 0 fully saturated rings. The molecule has 0 spiro atoms. The van der Waals surface area contributed by atoms with Crippen molar-refractivity contribution in [1.29, 1.82) is 0 Å². The van der Waals surface area contributed by atoms with E-state index in [1.165, 1.54) is 24.4 Å². The monoisotopic (exact) mass is 294 g/mol. The van der Waals surface area contributed by atoms with Gasteiger partial charge in [-0.2, -0.15) is 0 Å². The van der Waals surface area contributed by atoms with Gasteiger partial charge in [0.25, 0.3) is 5.69 Å². The number of aromatic nitrogens is 1. The molecule has 2 aromatic rings. The minimum absolute atomic E-state index is 0.000981. The lowest BCUT2D eigenvalue weighted by Crippen LogP contribution is -1.95. The number of hydrogen-bond acceptors (Lipinski definition) is 5. The fourth-order valence-electron chi connectivity index (χ4n) is 1.53. The van der Waals surface area contributed by atoms with Crippen molar-refractivity contribution in [2.45, 2.75) is 13.0 Å². The zero-order valence-electron chi connectivity index (χ0n) is 10.5. The van der Waals surface area contributed by atoms with Gasteiger partial charge in [0, 0.05) is 12.1 Å². The number of halogens is 1. The Kier molecular flexibility index (Phi) is 4.16. The van der Waals surface area contributed by atoms with Gasteiger partial charge in [-0.3, -0.25) is 15.1 Å². The van der Waals surface area contributed by atoms with Crippen molar-refractivity contribution in [3.63, 3.8) is 0 Å². The van der Waals surface area contributed by atoms with E-state index in [2.05, 4.69) is 4.98 Å². The zero-order chi connectivity index (χ0) is 14.7. The Morgan fingerprint density at radius 3 is 2.55 bits per heavy atom. The second kappa shape index (κ2) is 5.85. The predicted molar refractivity (Wildman–Crippen MR) is 73.1 cm³/mol. The molecule has 0 aliphatic rings. The quantitative estimate of drug-likeness (QED) is 0.689. The van der Waals surface area contributed by atoms with Crippen LogP contribution in [-0.4, -0.2) is 15.0 Å². The summed E-state index contributed by atoms with van der Waals surface area (Å²) < 4.78 is 5.48. The molecular formula is C13H11ClN2O4. The zero-order valence-corrected chi connectivity index (χ0v) is 11.2. The highest BCUT2D eigenvalue weighted by Gasteiger charge is 2.13. The molecule has 2 rings (SSSR count). The number of nitro benzene ring substituents is 1. The Morgan fingerprint density at radius 1 is 1.35 bits per heavy atom. The molecule has 1 heterocycles. The van der Waals surface area contributed by atoms with Crippen LogP contribution in [0.5, 0.6) is 11.5 Å². The number of pyridine rings is 1. The fraction of sp³-hybridized carbons (Fsp3) is 0.154. The molecule has 0 saturated heterocycles. The predicted octanol–water partition coefficient (Wildman–Crippen LogP) is 3.49. The summed E-state index contributed by atoms with van der Waals surface area (Å²) in [4.78, 5) is 14.1. The molecule has 1 atom stereocenters. The maximum absolute atomic E-state index is 10.6. The molecule has 6 nitrogen and oxygen atoms in total. The number of ether oxygens (including phenoxy) is 1. The maximum Gasteiger partial charge on any atom is 0.288 e. The summed E-state index contributed by atoms with van der Waals surface area (Å²) in [7, 11) is 0. The molecule has 7 heteroatoms. The van der Waals surface area contributed by atoms with Crippen LogP contribution in [0.2, 0.25) is 5.02 Å². The Morgan fingerprint density at radius 2 is 2.05 bits per heavy atom. The van der Waals surface area contributed by atoms with Crippen LogP contribution in [0.1, 0.15) is 18.7 Å². The largest absolute Gasteiger partial charge is 0.456 e. The molecule has 0 aliphatic heterocycles. The Balaban J connectivity index is 2.17. The molecule has 1 unspecified atom stereocenters. The highest BCUT2D eigenvalue weighted by atomic mass is 35.5. The summed E-state index contributed by atoms with van der Waals surface area (Å²) in [6.45, 7) is 1.61. The van der Waals surface area contributed by atoms with Crippen molar-refractivity contribution in [1.82, 2.24) is 4.98 Å². The molecule has 20 heavy (non-hydrogen) atoms. The van der Waals surface area contributed by atoms with Crippen LogP contribution in [0.15, 0.2) is 36.5 Å². The van der Waals surface area contributed by atoms with E-state index < -0.39 is 11.0 Å².